The summed E-state index contributed by atoms with van der Waals surface area (Å²) < 4.78 is 16.9. The van der Waals surface area contributed by atoms with Crippen molar-refractivity contribution in [1.29, 1.82) is 0 Å². The largest absolute Gasteiger partial charge is 0.462 e. The SMILES string of the molecule is CCCCCCCCCCCCCCCCCCC(=O)O[C@@H](COC(=O)CCCCCCCCCCCCCCCCC)COC(=O)CCCCCCCCCCCCCCCCCCC(C)C. The summed E-state index contributed by atoms with van der Waals surface area (Å²) in [5, 5.41) is 0. The van der Waals surface area contributed by atoms with Gasteiger partial charge in [0.25, 0.3) is 0 Å². The molecule has 0 aliphatic heterocycles. The van der Waals surface area contributed by atoms with Crippen LogP contribution >= 0.6 is 0 Å². The van der Waals surface area contributed by atoms with Crippen LogP contribution in [0, 0.1) is 5.92 Å². The first-order valence-corrected chi connectivity index (χ1v) is 30.9. The third kappa shape index (κ3) is 55.3. The van der Waals surface area contributed by atoms with Crippen LogP contribution in [0.5, 0.6) is 0 Å². The molecule has 6 nitrogen and oxygen atoms in total. The molecule has 0 saturated heterocycles. The van der Waals surface area contributed by atoms with Gasteiger partial charge in [-0.3, -0.25) is 14.4 Å². The van der Waals surface area contributed by atoms with Crippen molar-refractivity contribution in [3.63, 3.8) is 0 Å². The van der Waals surface area contributed by atoms with E-state index in [1.54, 1.807) is 0 Å². The van der Waals surface area contributed by atoms with Crippen LogP contribution in [-0.2, 0) is 28.6 Å². The van der Waals surface area contributed by atoms with Crippen LogP contribution in [0.4, 0.5) is 0 Å². The summed E-state index contributed by atoms with van der Waals surface area (Å²) in [6.45, 7) is 9.09. The van der Waals surface area contributed by atoms with Gasteiger partial charge in [-0.1, -0.05) is 317 Å². The second-order valence-corrected chi connectivity index (χ2v) is 21.8. The molecule has 0 aliphatic carbocycles. The van der Waals surface area contributed by atoms with Crippen LogP contribution in [0.25, 0.3) is 0 Å². The molecule has 0 amide bonds. The number of carbonyl (C=O) groups is 3. The Balaban J connectivity index is 4.28. The molecule has 0 rings (SSSR count). The standard InChI is InChI=1S/C62H120O6/c1-5-7-9-11-13-15-17-19-21-26-31-35-39-43-47-51-55-62(65)68-59(56-66-60(63)53-49-45-41-37-33-29-24-20-18-16-14-12-10-8-6-2)57-67-61(64)54-50-46-42-38-34-30-27-23-22-25-28-32-36-40-44-48-52-58(3)4/h58-59H,5-57H2,1-4H3/t59-/m0/s1. The zero-order chi connectivity index (χ0) is 49.5. The second-order valence-electron chi connectivity index (χ2n) is 21.8. The predicted molar refractivity (Wildman–Crippen MR) is 293 cm³/mol. The van der Waals surface area contributed by atoms with Crippen LogP contribution in [-0.4, -0.2) is 37.2 Å². The average molecular weight is 962 g/mol. The summed E-state index contributed by atoms with van der Waals surface area (Å²) >= 11 is 0. The van der Waals surface area contributed by atoms with Gasteiger partial charge < -0.3 is 14.2 Å². The van der Waals surface area contributed by atoms with E-state index >= 15 is 0 Å². The summed E-state index contributed by atoms with van der Waals surface area (Å²) in [5.74, 6) is 0.0236. The molecule has 0 saturated carbocycles. The van der Waals surface area contributed by atoms with Gasteiger partial charge in [-0.2, -0.15) is 0 Å². The van der Waals surface area contributed by atoms with Crippen molar-refractivity contribution in [3.05, 3.63) is 0 Å². The van der Waals surface area contributed by atoms with Crippen molar-refractivity contribution < 1.29 is 28.6 Å². The number of hydrogen-bond donors (Lipinski definition) is 0. The van der Waals surface area contributed by atoms with Crippen molar-refractivity contribution in [2.24, 2.45) is 5.92 Å². The molecular weight excluding hydrogens is 841 g/mol. The Kier molecular flexibility index (Phi) is 55.0. The third-order valence-electron chi connectivity index (χ3n) is 14.3. The van der Waals surface area contributed by atoms with Crippen molar-refractivity contribution in [3.8, 4) is 0 Å². The third-order valence-corrected chi connectivity index (χ3v) is 14.3. The van der Waals surface area contributed by atoms with Gasteiger partial charge in [0.1, 0.15) is 13.2 Å². The topological polar surface area (TPSA) is 78.9 Å². The maximum absolute atomic E-state index is 12.9. The van der Waals surface area contributed by atoms with Gasteiger partial charge in [0, 0.05) is 19.3 Å². The van der Waals surface area contributed by atoms with Gasteiger partial charge in [-0.25, -0.2) is 0 Å². The molecule has 0 aromatic heterocycles. The van der Waals surface area contributed by atoms with Gasteiger partial charge in [0.05, 0.1) is 0 Å². The second kappa shape index (κ2) is 56.3. The molecular formula is C62H120O6. The van der Waals surface area contributed by atoms with E-state index in [9.17, 15) is 14.4 Å². The van der Waals surface area contributed by atoms with E-state index in [4.69, 9.17) is 14.2 Å². The van der Waals surface area contributed by atoms with Crippen molar-refractivity contribution in [2.75, 3.05) is 13.2 Å². The van der Waals surface area contributed by atoms with E-state index in [2.05, 4.69) is 27.7 Å². The fraction of sp³-hybridized carbons (Fsp3) is 0.952. The molecule has 1 atom stereocenters. The fourth-order valence-electron chi connectivity index (χ4n) is 9.63. The molecule has 0 aliphatic rings. The smallest absolute Gasteiger partial charge is 0.306 e. The van der Waals surface area contributed by atoms with Crippen molar-refractivity contribution in [2.45, 2.75) is 361 Å². The van der Waals surface area contributed by atoms with Gasteiger partial charge in [0.2, 0.25) is 0 Å². The summed E-state index contributed by atoms with van der Waals surface area (Å²) in [7, 11) is 0. The first kappa shape index (κ1) is 66.4. The summed E-state index contributed by atoms with van der Waals surface area (Å²) in [5.41, 5.74) is 0. The minimum absolute atomic E-state index is 0.0613. The maximum Gasteiger partial charge on any atom is 0.306 e. The number of ether oxygens (including phenoxy) is 3. The molecule has 0 unspecified atom stereocenters. The molecule has 0 heterocycles. The van der Waals surface area contributed by atoms with Crippen LogP contribution in [0.3, 0.4) is 0 Å². The molecule has 0 N–H and O–H groups in total. The zero-order valence-electron chi connectivity index (χ0n) is 46.6. The van der Waals surface area contributed by atoms with Crippen molar-refractivity contribution in [1.82, 2.24) is 0 Å². The molecule has 0 aromatic rings. The van der Waals surface area contributed by atoms with Gasteiger partial charge in [-0.15, -0.1) is 0 Å². The molecule has 0 bridgehead atoms. The molecule has 0 spiro atoms. The molecule has 6 heteroatoms. The normalized spacial score (nSPS) is 12.0. The van der Waals surface area contributed by atoms with Gasteiger partial charge >= 0.3 is 17.9 Å². The zero-order valence-corrected chi connectivity index (χ0v) is 46.6. The minimum Gasteiger partial charge on any atom is -0.462 e. The molecule has 68 heavy (non-hydrogen) atoms. The first-order valence-electron chi connectivity index (χ1n) is 30.9. The Morgan fingerprint density at radius 3 is 0.721 bits per heavy atom. The Morgan fingerprint density at radius 1 is 0.279 bits per heavy atom. The predicted octanol–water partition coefficient (Wildman–Crippen LogP) is 20.6. The first-order chi connectivity index (χ1) is 33.4. The van der Waals surface area contributed by atoms with Crippen LogP contribution in [0.1, 0.15) is 355 Å². The van der Waals surface area contributed by atoms with E-state index in [0.717, 1.165) is 63.7 Å². The van der Waals surface area contributed by atoms with Gasteiger partial charge in [-0.05, 0) is 25.2 Å². The summed E-state index contributed by atoms with van der Waals surface area (Å²) in [6, 6.07) is 0. The summed E-state index contributed by atoms with van der Waals surface area (Å²) in [4.78, 5) is 38.2. The van der Waals surface area contributed by atoms with E-state index in [0.29, 0.717) is 19.3 Å². The highest BCUT2D eigenvalue weighted by Crippen LogP contribution is 2.18. The van der Waals surface area contributed by atoms with Gasteiger partial charge in [0.15, 0.2) is 6.10 Å². The number of hydrogen-bond acceptors (Lipinski definition) is 6. The average Bonchev–Trinajstić information content (AvgIpc) is 3.32. The monoisotopic (exact) mass is 961 g/mol. The lowest BCUT2D eigenvalue weighted by Gasteiger charge is -2.18. The summed E-state index contributed by atoms with van der Waals surface area (Å²) in [6.07, 6.45) is 62.4. The molecule has 0 radical (unpaired) electrons. The number of rotatable bonds is 57. The number of esters is 3. The molecule has 0 fully saturated rings. The Labute approximate surface area is 425 Å². The van der Waals surface area contributed by atoms with E-state index in [-0.39, 0.29) is 31.1 Å². The van der Waals surface area contributed by atoms with E-state index in [1.807, 2.05) is 0 Å². The lowest BCUT2D eigenvalue weighted by Crippen LogP contribution is -2.30. The highest BCUT2D eigenvalue weighted by molar-refractivity contribution is 5.71. The lowest BCUT2D eigenvalue weighted by atomic mass is 10.0. The highest BCUT2D eigenvalue weighted by Gasteiger charge is 2.19. The highest BCUT2D eigenvalue weighted by atomic mass is 16.6. The Bertz CT molecular complexity index is 1030. The Hall–Kier alpha value is -1.59. The quantitative estimate of drug-likeness (QED) is 0.0343. The van der Waals surface area contributed by atoms with Crippen LogP contribution in [0.15, 0.2) is 0 Å². The van der Waals surface area contributed by atoms with E-state index in [1.165, 1.54) is 250 Å². The number of carbonyl (C=O) groups excluding carboxylic acids is 3. The molecule has 0 aromatic carbocycles. The van der Waals surface area contributed by atoms with Crippen LogP contribution in [0.2, 0.25) is 0 Å². The minimum atomic E-state index is -0.762. The maximum atomic E-state index is 12.9. The lowest BCUT2D eigenvalue weighted by molar-refractivity contribution is -0.167. The van der Waals surface area contributed by atoms with Crippen LogP contribution < -0.4 is 0 Å². The van der Waals surface area contributed by atoms with E-state index < -0.39 is 6.10 Å². The number of unbranched alkanes of at least 4 members (excludes halogenated alkanes) is 44. The van der Waals surface area contributed by atoms with Crippen molar-refractivity contribution >= 4 is 17.9 Å². The Morgan fingerprint density at radius 2 is 0.485 bits per heavy atom. The molecule has 404 valence electrons. The fourth-order valence-corrected chi connectivity index (χ4v) is 9.63.